The minimum atomic E-state index is -0.502. The highest BCUT2D eigenvalue weighted by Gasteiger charge is 2.14. The van der Waals surface area contributed by atoms with Crippen LogP contribution in [-0.4, -0.2) is 20.9 Å². The SMILES string of the molecule is Cc1cc(-c2ncco2)sc1-c1ccc(-c2cnccc2C(N)=O)nc1. The zero-order valence-electron chi connectivity index (χ0n) is 13.8. The van der Waals surface area contributed by atoms with Crippen LogP contribution in [0.3, 0.4) is 0 Å². The van der Waals surface area contributed by atoms with Crippen LogP contribution < -0.4 is 5.73 Å². The average molecular weight is 362 g/mol. The first-order valence-electron chi connectivity index (χ1n) is 7.84. The van der Waals surface area contributed by atoms with Crippen LogP contribution >= 0.6 is 11.3 Å². The highest BCUT2D eigenvalue weighted by atomic mass is 32.1. The van der Waals surface area contributed by atoms with Gasteiger partial charge in [-0.25, -0.2) is 4.98 Å². The van der Waals surface area contributed by atoms with E-state index in [1.165, 1.54) is 6.20 Å². The Morgan fingerprint density at radius 3 is 2.73 bits per heavy atom. The van der Waals surface area contributed by atoms with Gasteiger partial charge in [-0.15, -0.1) is 11.3 Å². The van der Waals surface area contributed by atoms with Gasteiger partial charge < -0.3 is 10.2 Å². The van der Waals surface area contributed by atoms with Crippen LogP contribution in [0.4, 0.5) is 0 Å². The molecule has 0 atom stereocenters. The Hall–Kier alpha value is -3.32. The van der Waals surface area contributed by atoms with Gasteiger partial charge in [0.2, 0.25) is 11.8 Å². The van der Waals surface area contributed by atoms with E-state index in [1.54, 1.807) is 42.3 Å². The van der Waals surface area contributed by atoms with Crippen molar-refractivity contribution >= 4 is 17.2 Å². The molecular formula is C19H14N4O2S. The second-order valence-corrected chi connectivity index (χ2v) is 6.73. The number of nitrogens with zero attached hydrogens (tertiary/aromatic N) is 3. The lowest BCUT2D eigenvalue weighted by atomic mass is 10.1. The molecule has 0 aliphatic carbocycles. The van der Waals surface area contributed by atoms with E-state index < -0.39 is 5.91 Å². The summed E-state index contributed by atoms with van der Waals surface area (Å²) in [5.74, 6) is 0.105. The third kappa shape index (κ3) is 2.89. The van der Waals surface area contributed by atoms with Crippen molar-refractivity contribution in [1.82, 2.24) is 15.0 Å². The van der Waals surface area contributed by atoms with E-state index in [0.29, 0.717) is 22.7 Å². The molecule has 7 heteroatoms. The molecule has 4 aromatic rings. The summed E-state index contributed by atoms with van der Waals surface area (Å²) in [7, 11) is 0. The fourth-order valence-electron chi connectivity index (χ4n) is 2.72. The Bertz CT molecular complexity index is 1070. The van der Waals surface area contributed by atoms with Crippen molar-refractivity contribution < 1.29 is 9.21 Å². The number of oxazole rings is 1. The maximum Gasteiger partial charge on any atom is 0.249 e. The Morgan fingerprint density at radius 2 is 2.04 bits per heavy atom. The standard InChI is InChI=1S/C19H14N4O2S/c1-11-8-16(19-22-6-7-25-19)26-17(11)12-2-3-15(23-9-12)14-10-21-5-4-13(14)18(20)24/h2-10H,1H3,(H2,20,24). The second kappa shape index (κ2) is 6.53. The summed E-state index contributed by atoms with van der Waals surface area (Å²) in [6.45, 7) is 2.04. The molecule has 4 rings (SSSR count). The van der Waals surface area contributed by atoms with E-state index in [2.05, 4.69) is 15.0 Å². The second-order valence-electron chi connectivity index (χ2n) is 5.68. The Kier molecular flexibility index (Phi) is 4.06. The highest BCUT2D eigenvalue weighted by Crippen LogP contribution is 2.37. The van der Waals surface area contributed by atoms with E-state index in [0.717, 1.165) is 20.9 Å². The molecule has 128 valence electrons. The lowest BCUT2D eigenvalue weighted by molar-refractivity contribution is 0.100. The minimum absolute atomic E-state index is 0.402. The number of hydrogen-bond acceptors (Lipinski definition) is 6. The maximum absolute atomic E-state index is 11.6. The Morgan fingerprint density at radius 1 is 1.15 bits per heavy atom. The molecule has 0 aliphatic rings. The van der Waals surface area contributed by atoms with Crippen LogP contribution in [-0.2, 0) is 0 Å². The van der Waals surface area contributed by atoms with Gasteiger partial charge >= 0.3 is 0 Å². The normalized spacial score (nSPS) is 10.8. The molecule has 0 aromatic carbocycles. The third-order valence-electron chi connectivity index (χ3n) is 3.95. The minimum Gasteiger partial charge on any atom is -0.444 e. The molecule has 26 heavy (non-hydrogen) atoms. The lowest BCUT2D eigenvalue weighted by Crippen LogP contribution is -2.12. The predicted molar refractivity (Wildman–Crippen MR) is 99.5 cm³/mol. The molecule has 0 saturated heterocycles. The molecule has 4 aromatic heterocycles. The van der Waals surface area contributed by atoms with Crippen molar-refractivity contribution in [3.05, 3.63) is 66.4 Å². The first kappa shape index (κ1) is 16.2. The fraction of sp³-hybridized carbons (Fsp3) is 0.0526. The molecule has 2 N–H and O–H groups in total. The zero-order chi connectivity index (χ0) is 18.1. The number of aryl methyl sites for hydroxylation is 1. The van der Waals surface area contributed by atoms with E-state index in [4.69, 9.17) is 10.2 Å². The first-order chi connectivity index (χ1) is 12.6. The summed E-state index contributed by atoms with van der Waals surface area (Å²) in [5, 5.41) is 0. The number of aromatic nitrogens is 3. The van der Waals surface area contributed by atoms with E-state index in [9.17, 15) is 4.79 Å². The van der Waals surface area contributed by atoms with Crippen LogP contribution in [0.1, 0.15) is 15.9 Å². The van der Waals surface area contributed by atoms with Crippen LogP contribution in [0, 0.1) is 6.92 Å². The number of carbonyl (C=O) groups is 1. The maximum atomic E-state index is 11.6. The molecule has 1 amide bonds. The van der Waals surface area contributed by atoms with Gasteiger partial charge in [0.25, 0.3) is 0 Å². The molecular weight excluding hydrogens is 348 g/mol. The number of thiophene rings is 1. The van der Waals surface area contributed by atoms with Crippen molar-refractivity contribution in [2.24, 2.45) is 5.73 Å². The van der Waals surface area contributed by atoms with Crippen LogP contribution in [0.5, 0.6) is 0 Å². The Labute approximate surface area is 153 Å². The van der Waals surface area contributed by atoms with Crippen molar-refractivity contribution in [3.8, 4) is 32.5 Å². The fourth-order valence-corrected chi connectivity index (χ4v) is 3.82. The average Bonchev–Trinajstić information content (AvgIpc) is 3.31. The molecule has 0 saturated carbocycles. The number of rotatable bonds is 4. The molecule has 0 bridgehead atoms. The van der Waals surface area contributed by atoms with Crippen molar-refractivity contribution in [3.63, 3.8) is 0 Å². The zero-order valence-corrected chi connectivity index (χ0v) is 14.7. The van der Waals surface area contributed by atoms with Gasteiger partial charge in [0.05, 0.1) is 22.3 Å². The smallest absolute Gasteiger partial charge is 0.249 e. The lowest BCUT2D eigenvalue weighted by Gasteiger charge is -2.06. The Balaban J connectivity index is 1.70. The molecule has 6 nitrogen and oxygen atoms in total. The summed E-state index contributed by atoms with van der Waals surface area (Å²) in [5.41, 5.74) is 9.21. The summed E-state index contributed by atoms with van der Waals surface area (Å²) >= 11 is 1.60. The van der Waals surface area contributed by atoms with Crippen LogP contribution in [0.2, 0.25) is 0 Å². The topological polar surface area (TPSA) is 94.9 Å². The molecule has 4 heterocycles. The number of primary amides is 1. The molecule has 0 aliphatic heterocycles. The van der Waals surface area contributed by atoms with Gasteiger partial charge in [-0.05, 0) is 36.8 Å². The van der Waals surface area contributed by atoms with Crippen LogP contribution in [0.25, 0.3) is 32.5 Å². The van der Waals surface area contributed by atoms with Gasteiger partial charge in [0.1, 0.15) is 6.26 Å². The van der Waals surface area contributed by atoms with Gasteiger partial charge in [-0.2, -0.15) is 0 Å². The molecule has 0 radical (unpaired) electrons. The largest absolute Gasteiger partial charge is 0.444 e. The molecule has 0 spiro atoms. The quantitative estimate of drug-likeness (QED) is 0.593. The third-order valence-corrected chi connectivity index (χ3v) is 5.22. The molecule has 0 fully saturated rings. The van der Waals surface area contributed by atoms with Crippen molar-refractivity contribution in [2.45, 2.75) is 6.92 Å². The predicted octanol–water partition coefficient (Wildman–Crippen LogP) is 3.93. The number of hydrogen-bond donors (Lipinski definition) is 1. The summed E-state index contributed by atoms with van der Waals surface area (Å²) < 4.78 is 5.37. The number of amides is 1. The summed E-state index contributed by atoms with van der Waals surface area (Å²) in [6, 6.07) is 7.48. The van der Waals surface area contributed by atoms with Crippen molar-refractivity contribution in [1.29, 1.82) is 0 Å². The van der Waals surface area contributed by atoms with Crippen LogP contribution in [0.15, 0.2) is 59.7 Å². The van der Waals surface area contributed by atoms with Gasteiger partial charge in [-0.3, -0.25) is 14.8 Å². The molecule has 0 unspecified atom stereocenters. The van der Waals surface area contributed by atoms with E-state index in [1.807, 2.05) is 25.1 Å². The van der Waals surface area contributed by atoms with Gasteiger partial charge in [0, 0.05) is 34.6 Å². The highest BCUT2D eigenvalue weighted by molar-refractivity contribution is 7.19. The monoisotopic (exact) mass is 362 g/mol. The number of carbonyl (C=O) groups excluding carboxylic acids is 1. The summed E-state index contributed by atoms with van der Waals surface area (Å²) in [4.78, 5) is 26.4. The van der Waals surface area contributed by atoms with Gasteiger partial charge in [0.15, 0.2) is 0 Å². The number of nitrogens with two attached hydrogens (primary N) is 1. The van der Waals surface area contributed by atoms with Crippen molar-refractivity contribution in [2.75, 3.05) is 0 Å². The van der Waals surface area contributed by atoms with Gasteiger partial charge in [-0.1, -0.05) is 0 Å². The van der Waals surface area contributed by atoms with E-state index in [-0.39, 0.29) is 0 Å². The number of pyridine rings is 2. The first-order valence-corrected chi connectivity index (χ1v) is 8.66. The summed E-state index contributed by atoms with van der Waals surface area (Å²) in [6.07, 6.45) is 8.11. The van der Waals surface area contributed by atoms with E-state index >= 15 is 0 Å².